The lowest BCUT2D eigenvalue weighted by Gasteiger charge is -1.97. The number of halogens is 1. The number of nitrogens with one attached hydrogen (secondary N) is 1. The fraction of sp³-hybridized carbons (Fsp3) is 0.200. The largest absolute Gasteiger partial charge is 0.458 e. The third kappa shape index (κ3) is 5.34. The number of hydrogen-bond donors (Lipinski definition) is 1. The fourth-order valence-corrected chi connectivity index (χ4v) is 2.77. The molecule has 0 atom stereocenters. The Kier molecular flexibility index (Phi) is 6.31. The highest BCUT2D eigenvalue weighted by atomic mass is 79.9. The van der Waals surface area contributed by atoms with Gasteiger partial charge in [0, 0.05) is 6.42 Å². The van der Waals surface area contributed by atoms with Gasteiger partial charge in [0.05, 0.1) is 41.4 Å². The van der Waals surface area contributed by atoms with Crippen LogP contribution < -0.4 is 5.43 Å². The average Bonchev–Trinajstić information content (AvgIpc) is 3.40. The maximum absolute atomic E-state index is 11.8. The van der Waals surface area contributed by atoms with Crippen LogP contribution >= 0.6 is 15.9 Å². The first kappa shape index (κ1) is 20.8. The highest BCUT2D eigenvalue weighted by molar-refractivity contribution is 9.10. The SMILES string of the molecule is O=C(CCn1ccc([N+](=O)[O-])n1)N/N=C/c1ccc(Cn2cc(Br)c([N+](=O)[O-])n2)o1. The molecule has 0 saturated heterocycles. The summed E-state index contributed by atoms with van der Waals surface area (Å²) in [7, 11) is 0. The van der Waals surface area contributed by atoms with Crippen molar-refractivity contribution in [2.75, 3.05) is 0 Å². The summed E-state index contributed by atoms with van der Waals surface area (Å²) in [5, 5.41) is 32.7. The standard InChI is InChI=1S/C15H13BrN8O6/c16-12-9-22(20-15(12)24(28)29)8-11-2-1-10(30-11)7-17-18-14(25)4-6-21-5-3-13(19-21)23(26)27/h1-3,5,7,9H,4,6,8H2,(H,18,25)/b17-7+. The monoisotopic (exact) mass is 480 g/mol. The van der Waals surface area contributed by atoms with E-state index in [0.717, 1.165) is 0 Å². The van der Waals surface area contributed by atoms with Crippen molar-refractivity contribution in [2.45, 2.75) is 19.5 Å². The van der Waals surface area contributed by atoms with Gasteiger partial charge in [-0.3, -0.25) is 4.79 Å². The molecule has 3 aromatic heterocycles. The maximum Gasteiger partial charge on any atom is 0.404 e. The first-order chi connectivity index (χ1) is 14.3. The first-order valence-corrected chi connectivity index (χ1v) is 9.07. The highest BCUT2D eigenvalue weighted by Crippen LogP contribution is 2.22. The van der Waals surface area contributed by atoms with Crippen molar-refractivity contribution in [3.63, 3.8) is 0 Å². The van der Waals surface area contributed by atoms with E-state index in [1.54, 1.807) is 12.1 Å². The van der Waals surface area contributed by atoms with E-state index in [-0.39, 0.29) is 35.6 Å². The van der Waals surface area contributed by atoms with Gasteiger partial charge in [-0.25, -0.2) is 5.43 Å². The second-order valence-electron chi connectivity index (χ2n) is 5.80. The highest BCUT2D eigenvalue weighted by Gasteiger charge is 2.19. The van der Waals surface area contributed by atoms with Crippen molar-refractivity contribution < 1.29 is 19.1 Å². The summed E-state index contributed by atoms with van der Waals surface area (Å²) < 4.78 is 8.41. The number of amides is 1. The molecule has 0 aliphatic carbocycles. The van der Waals surface area contributed by atoms with Crippen LogP contribution in [0.1, 0.15) is 17.9 Å². The molecule has 3 aromatic rings. The number of nitrogens with zero attached hydrogens (tertiary/aromatic N) is 7. The van der Waals surface area contributed by atoms with E-state index in [0.29, 0.717) is 11.5 Å². The number of hydrogen-bond acceptors (Lipinski definition) is 9. The minimum Gasteiger partial charge on any atom is -0.458 e. The van der Waals surface area contributed by atoms with Crippen molar-refractivity contribution >= 4 is 39.7 Å². The predicted octanol–water partition coefficient (Wildman–Crippen LogP) is 1.84. The van der Waals surface area contributed by atoms with Gasteiger partial charge >= 0.3 is 11.6 Å². The second-order valence-corrected chi connectivity index (χ2v) is 6.65. The van der Waals surface area contributed by atoms with Crippen molar-refractivity contribution in [3.05, 3.63) is 66.8 Å². The lowest BCUT2D eigenvalue weighted by atomic mass is 10.4. The molecule has 0 spiro atoms. The van der Waals surface area contributed by atoms with Gasteiger partial charge in [-0.1, -0.05) is 0 Å². The molecule has 0 radical (unpaired) electrons. The van der Waals surface area contributed by atoms with E-state index in [1.807, 2.05) is 0 Å². The quantitative estimate of drug-likeness (QED) is 0.273. The Labute approximate surface area is 175 Å². The predicted molar refractivity (Wildman–Crippen MR) is 104 cm³/mol. The van der Waals surface area contributed by atoms with Crippen LogP contribution in [0.15, 0.2) is 44.6 Å². The van der Waals surface area contributed by atoms with Crippen LogP contribution in [0, 0.1) is 20.2 Å². The molecule has 0 unspecified atom stereocenters. The molecule has 0 bridgehead atoms. The molecule has 0 aromatic carbocycles. The number of aryl methyl sites for hydroxylation is 1. The van der Waals surface area contributed by atoms with E-state index in [1.165, 1.54) is 34.0 Å². The minimum absolute atomic E-state index is 0.0204. The maximum atomic E-state index is 11.8. The Morgan fingerprint density at radius 1 is 1.23 bits per heavy atom. The second kappa shape index (κ2) is 9.08. The first-order valence-electron chi connectivity index (χ1n) is 8.27. The van der Waals surface area contributed by atoms with Gasteiger partial charge in [0.1, 0.15) is 22.5 Å². The number of rotatable bonds is 9. The number of nitro groups is 2. The van der Waals surface area contributed by atoms with Gasteiger partial charge in [-0.05, 0) is 37.9 Å². The zero-order valence-corrected chi connectivity index (χ0v) is 16.6. The van der Waals surface area contributed by atoms with Crippen LogP contribution in [0.25, 0.3) is 0 Å². The third-order valence-electron chi connectivity index (χ3n) is 3.64. The summed E-state index contributed by atoms with van der Waals surface area (Å²) in [6, 6.07) is 4.50. The molecule has 1 amide bonds. The Hall–Kier alpha value is -3.88. The van der Waals surface area contributed by atoms with Crippen LogP contribution in [0.4, 0.5) is 11.6 Å². The molecule has 1 N–H and O–H groups in total. The Morgan fingerprint density at radius 3 is 2.70 bits per heavy atom. The Morgan fingerprint density at radius 2 is 2.03 bits per heavy atom. The van der Waals surface area contributed by atoms with Crippen LogP contribution in [-0.4, -0.2) is 41.5 Å². The van der Waals surface area contributed by atoms with Crippen molar-refractivity contribution in [1.29, 1.82) is 0 Å². The number of carbonyl (C=O) groups is 1. The molecular formula is C15H13BrN8O6. The zero-order valence-electron chi connectivity index (χ0n) is 15.0. The van der Waals surface area contributed by atoms with Crippen molar-refractivity contribution in [3.8, 4) is 0 Å². The smallest absolute Gasteiger partial charge is 0.404 e. The summed E-state index contributed by atoms with van der Waals surface area (Å²) >= 11 is 3.07. The molecule has 0 aliphatic rings. The number of hydrazone groups is 1. The van der Waals surface area contributed by atoms with Crippen LogP contribution in [0.2, 0.25) is 0 Å². The molecule has 0 saturated carbocycles. The minimum atomic E-state index is -0.620. The summed E-state index contributed by atoms with van der Waals surface area (Å²) in [5.74, 6) is -0.165. The molecule has 14 nitrogen and oxygen atoms in total. The summed E-state index contributed by atoms with van der Waals surface area (Å²) in [4.78, 5) is 31.9. The van der Waals surface area contributed by atoms with Crippen LogP contribution in [0.3, 0.4) is 0 Å². The number of carbonyl (C=O) groups excluding carboxylic acids is 1. The van der Waals surface area contributed by atoms with Crippen molar-refractivity contribution in [2.24, 2.45) is 5.10 Å². The normalized spacial score (nSPS) is 11.1. The lowest BCUT2D eigenvalue weighted by Crippen LogP contribution is -2.19. The van der Waals surface area contributed by atoms with E-state index in [9.17, 15) is 25.0 Å². The van der Waals surface area contributed by atoms with Crippen LogP contribution in [0.5, 0.6) is 0 Å². The molecule has 0 aliphatic heterocycles. The molecular weight excluding hydrogens is 468 g/mol. The summed E-state index contributed by atoms with van der Waals surface area (Å²) in [6.45, 7) is 0.328. The number of aromatic nitrogens is 4. The van der Waals surface area contributed by atoms with E-state index in [4.69, 9.17) is 4.42 Å². The molecule has 0 fully saturated rings. The van der Waals surface area contributed by atoms with E-state index >= 15 is 0 Å². The van der Waals surface area contributed by atoms with Gasteiger partial charge in [0.15, 0.2) is 0 Å². The zero-order chi connectivity index (χ0) is 21.7. The summed E-state index contributed by atoms with van der Waals surface area (Å²) in [6.07, 6.45) is 4.18. The molecule has 15 heteroatoms. The lowest BCUT2D eigenvalue weighted by molar-refractivity contribution is -0.390. The van der Waals surface area contributed by atoms with E-state index in [2.05, 4.69) is 36.7 Å². The van der Waals surface area contributed by atoms with Gasteiger partial charge in [-0.2, -0.15) is 14.5 Å². The van der Waals surface area contributed by atoms with E-state index < -0.39 is 15.8 Å². The fourth-order valence-electron chi connectivity index (χ4n) is 2.31. The number of furan rings is 1. The molecule has 30 heavy (non-hydrogen) atoms. The van der Waals surface area contributed by atoms with Gasteiger partial charge in [0.25, 0.3) is 0 Å². The third-order valence-corrected chi connectivity index (χ3v) is 4.19. The molecule has 3 heterocycles. The molecule has 3 rings (SSSR count). The van der Waals surface area contributed by atoms with Gasteiger partial charge in [-0.15, -0.1) is 0 Å². The van der Waals surface area contributed by atoms with Crippen molar-refractivity contribution in [1.82, 2.24) is 25.0 Å². The average molecular weight is 481 g/mol. The Balaban J connectivity index is 1.47. The molecule has 156 valence electrons. The Bertz CT molecular complexity index is 1120. The van der Waals surface area contributed by atoms with Gasteiger partial charge < -0.3 is 24.6 Å². The topological polar surface area (TPSA) is 177 Å². The van der Waals surface area contributed by atoms with Crippen LogP contribution in [-0.2, 0) is 17.9 Å². The summed E-state index contributed by atoms with van der Waals surface area (Å²) in [5.41, 5.74) is 2.31. The van der Waals surface area contributed by atoms with Gasteiger partial charge in [0.2, 0.25) is 5.91 Å².